The third kappa shape index (κ3) is 3.67. The predicted molar refractivity (Wildman–Crippen MR) is 83.0 cm³/mol. The maximum absolute atomic E-state index is 11.9. The molecular weight excluding hydrogens is 318 g/mol. The molecule has 1 unspecified atom stereocenters. The van der Waals surface area contributed by atoms with E-state index in [1.807, 2.05) is 23.6 Å². The number of thiophene rings is 1. The van der Waals surface area contributed by atoms with Crippen molar-refractivity contribution < 1.29 is 18.5 Å². The molecule has 0 aliphatic rings. The molecule has 0 radical (unpaired) electrons. The minimum atomic E-state index is -0.803. The highest BCUT2D eigenvalue weighted by Crippen LogP contribution is 2.28. The molecule has 0 saturated carbocycles. The zero-order chi connectivity index (χ0) is 16.1. The van der Waals surface area contributed by atoms with E-state index in [0.29, 0.717) is 0 Å². The molecule has 0 aliphatic carbocycles. The highest BCUT2D eigenvalue weighted by molar-refractivity contribution is 7.10. The monoisotopic (exact) mass is 331 g/mol. The van der Waals surface area contributed by atoms with Crippen molar-refractivity contribution in [3.8, 4) is 0 Å². The molecular formula is C15H13N3O4S. The van der Waals surface area contributed by atoms with Gasteiger partial charge in [-0.3, -0.25) is 14.9 Å². The number of carbonyl (C=O) groups is 2. The number of hydrogen-bond donors (Lipinski definition) is 2. The standard InChI is InChI=1S/C15H13N3O4S/c19-14(15(20)17-13-5-7-22-18-13)16-9-10(11-3-1-6-21-11)12-4-2-8-23-12/h1-8,10H,9H2,(H,16,19)(H,17,18,20). The summed E-state index contributed by atoms with van der Waals surface area (Å²) < 4.78 is 10.0. The fraction of sp³-hybridized carbons (Fsp3) is 0.133. The Labute approximate surface area is 135 Å². The summed E-state index contributed by atoms with van der Waals surface area (Å²) in [6.45, 7) is 0.249. The van der Waals surface area contributed by atoms with Gasteiger partial charge in [0.15, 0.2) is 5.82 Å². The lowest BCUT2D eigenvalue weighted by Gasteiger charge is -2.13. The fourth-order valence-corrected chi connectivity index (χ4v) is 2.88. The number of amides is 2. The van der Waals surface area contributed by atoms with Crippen LogP contribution in [-0.4, -0.2) is 23.5 Å². The van der Waals surface area contributed by atoms with Crippen molar-refractivity contribution in [2.45, 2.75) is 5.92 Å². The molecule has 3 aromatic rings. The molecule has 0 aliphatic heterocycles. The van der Waals surface area contributed by atoms with E-state index in [1.165, 1.54) is 12.3 Å². The van der Waals surface area contributed by atoms with Gasteiger partial charge in [-0.05, 0) is 23.6 Å². The van der Waals surface area contributed by atoms with Crippen molar-refractivity contribution >= 4 is 29.0 Å². The van der Waals surface area contributed by atoms with E-state index in [-0.39, 0.29) is 18.3 Å². The van der Waals surface area contributed by atoms with Gasteiger partial charge in [0.1, 0.15) is 12.0 Å². The van der Waals surface area contributed by atoms with Gasteiger partial charge in [-0.2, -0.15) is 0 Å². The molecule has 0 spiro atoms. The summed E-state index contributed by atoms with van der Waals surface area (Å²) >= 11 is 1.56. The van der Waals surface area contributed by atoms with E-state index >= 15 is 0 Å². The summed E-state index contributed by atoms with van der Waals surface area (Å²) in [6.07, 6.45) is 2.88. The molecule has 0 bridgehead atoms. The van der Waals surface area contributed by atoms with Gasteiger partial charge in [-0.1, -0.05) is 11.2 Å². The van der Waals surface area contributed by atoms with Gasteiger partial charge >= 0.3 is 11.8 Å². The number of nitrogens with zero attached hydrogens (tertiary/aromatic N) is 1. The van der Waals surface area contributed by atoms with Crippen LogP contribution in [-0.2, 0) is 9.59 Å². The second kappa shape index (κ2) is 6.93. The second-order valence-corrected chi connectivity index (χ2v) is 5.61. The Kier molecular flexibility index (Phi) is 4.53. The maximum atomic E-state index is 11.9. The summed E-state index contributed by atoms with van der Waals surface area (Å²) in [4.78, 5) is 24.7. The zero-order valence-corrected chi connectivity index (χ0v) is 12.7. The number of aromatic nitrogens is 1. The molecule has 118 valence electrons. The van der Waals surface area contributed by atoms with Gasteiger partial charge in [0.25, 0.3) is 0 Å². The molecule has 2 amide bonds. The SMILES string of the molecule is O=C(NCC(c1ccco1)c1cccs1)C(=O)Nc1ccon1. The zero-order valence-electron chi connectivity index (χ0n) is 11.9. The molecule has 2 N–H and O–H groups in total. The first kappa shape index (κ1) is 15.0. The van der Waals surface area contributed by atoms with Gasteiger partial charge in [0.05, 0.1) is 12.2 Å². The Morgan fingerprint density at radius 3 is 2.74 bits per heavy atom. The number of furan rings is 1. The van der Waals surface area contributed by atoms with Crippen molar-refractivity contribution in [2.24, 2.45) is 0 Å². The largest absolute Gasteiger partial charge is 0.469 e. The van der Waals surface area contributed by atoms with Crippen molar-refractivity contribution in [1.82, 2.24) is 10.5 Å². The van der Waals surface area contributed by atoms with Crippen LogP contribution in [0.15, 0.2) is 57.2 Å². The van der Waals surface area contributed by atoms with Gasteiger partial charge < -0.3 is 14.3 Å². The van der Waals surface area contributed by atoms with Crippen LogP contribution in [0.4, 0.5) is 5.82 Å². The molecule has 3 aromatic heterocycles. The Bertz CT molecular complexity index is 717. The molecule has 3 heterocycles. The van der Waals surface area contributed by atoms with E-state index in [2.05, 4.69) is 20.3 Å². The Morgan fingerprint density at radius 2 is 2.09 bits per heavy atom. The van der Waals surface area contributed by atoms with Crippen LogP contribution in [0.1, 0.15) is 16.6 Å². The maximum Gasteiger partial charge on any atom is 0.314 e. The first-order valence-corrected chi connectivity index (χ1v) is 7.68. The lowest BCUT2D eigenvalue weighted by atomic mass is 10.0. The molecule has 8 heteroatoms. The third-order valence-electron chi connectivity index (χ3n) is 3.13. The minimum Gasteiger partial charge on any atom is -0.469 e. The minimum absolute atomic E-state index is 0.145. The molecule has 7 nitrogen and oxygen atoms in total. The Balaban J connectivity index is 1.62. The summed E-state index contributed by atoms with van der Waals surface area (Å²) in [7, 11) is 0. The number of anilines is 1. The van der Waals surface area contributed by atoms with Crippen molar-refractivity contribution in [2.75, 3.05) is 11.9 Å². The van der Waals surface area contributed by atoms with Crippen molar-refractivity contribution in [3.05, 3.63) is 58.9 Å². The predicted octanol–water partition coefficient (Wildman–Crippen LogP) is 2.22. The van der Waals surface area contributed by atoms with Crippen LogP contribution in [0.2, 0.25) is 0 Å². The molecule has 23 heavy (non-hydrogen) atoms. The quantitative estimate of drug-likeness (QED) is 0.699. The van der Waals surface area contributed by atoms with Crippen LogP contribution in [0, 0.1) is 0 Å². The average Bonchev–Trinajstić information content (AvgIpc) is 3.31. The van der Waals surface area contributed by atoms with E-state index in [9.17, 15) is 9.59 Å². The van der Waals surface area contributed by atoms with Crippen LogP contribution >= 0.6 is 11.3 Å². The summed E-state index contributed by atoms with van der Waals surface area (Å²) in [6, 6.07) is 8.96. The molecule has 1 atom stereocenters. The highest BCUT2D eigenvalue weighted by Gasteiger charge is 2.21. The van der Waals surface area contributed by atoms with Crippen LogP contribution in [0.5, 0.6) is 0 Å². The third-order valence-corrected chi connectivity index (χ3v) is 4.11. The van der Waals surface area contributed by atoms with Gasteiger partial charge in [0.2, 0.25) is 0 Å². The lowest BCUT2D eigenvalue weighted by Crippen LogP contribution is -2.37. The van der Waals surface area contributed by atoms with Crippen LogP contribution in [0.3, 0.4) is 0 Å². The summed E-state index contributed by atoms with van der Waals surface area (Å²) in [5.74, 6) is -0.783. The van der Waals surface area contributed by atoms with Gasteiger partial charge in [-0.25, -0.2) is 0 Å². The average molecular weight is 331 g/mol. The van der Waals surface area contributed by atoms with Crippen LogP contribution in [0.25, 0.3) is 0 Å². The molecule has 0 fully saturated rings. The van der Waals surface area contributed by atoms with Crippen molar-refractivity contribution in [1.29, 1.82) is 0 Å². The summed E-state index contributed by atoms with van der Waals surface area (Å²) in [5, 5.41) is 10.4. The van der Waals surface area contributed by atoms with Gasteiger partial charge in [0, 0.05) is 17.5 Å². The fourth-order valence-electron chi connectivity index (χ4n) is 2.05. The molecule has 3 rings (SSSR count). The number of rotatable bonds is 5. The van der Waals surface area contributed by atoms with Gasteiger partial charge in [-0.15, -0.1) is 11.3 Å². The number of hydrogen-bond acceptors (Lipinski definition) is 6. The Morgan fingerprint density at radius 1 is 1.17 bits per heavy atom. The number of carbonyl (C=O) groups excluding carboxylic acids is 2. The highest BCUT2D eigenvalue weighted by atomic mass is 32.1. The second-order valence-electron chi connectivity index (χ2n) is 4.63. The topological polar surface area (TPSA) is 97.4 Å². The number of nitrogens with one attached hydrogen (secondary N) is 2. The Hall–Kier alpha value is -2.87. The van der Waals surface area contributed by atoms with E-state index in [0.717, 1.165) is 10.6 Å². The first-order valence-electron chi connectivity index (χ1n) is 6.80. The first-order chi connectivity index (χ1) is 11.2. The van der Waals surface area contributed by atoms with Crippen LogP contribution < -0.4 is 10.6 Å². The smallest absolute Gasteiger partial charge is 0.314 e. The van der Waals surface area contributed by atoms with E-state index in [4.69, 9.17) is 4.42 Å². The lowest BCUT2D eigenvalue weighted by molar-refractivity contribution is -0.136. The summed E-state index contributed by atoms with van der Waals surface area (Å²) in [5.41, 5.74) is 0. The van der Waals surface area contributed by atoms with E-state index < -0.39 is 11.8 Å². The van der Waals surface area contributed by atoms with Crippen molar-refractivity contribution in [3.63, 3.8) is 0 Å². The molecule has 0 saturated heterocycles. The van der Waals surface area contributed by atoms with E-state index in [1.54, 1.807) is 23.7 Å². The normalized spacial score (nSPS) is 11.8. The molecule has 0 aromatic carbocycles.